The third kappa shape index (κ3) is 3.94. The van der Waals surface area contributed by atoms with Crippen LogP contribution in [0.4, 0.5) is 10.5 Å². The third-order valence-corrected chi connectivity index (χ3v) is 5.97. The lowest BCUT2D eigenvalue weighted by molar-refractivity contribution is -0.133. The highest BCUT2D eigenvalue weighted by atomic mass is 16.6. The van der Waals surface area contributed by atoms with Crippen molar-refractivity contribution in [2.24, 2.45) is 0 Å². The second-order valence-electron chi connectivity index (χ2n) is 8.30. The Balaban J connectivity index is 1.27. The maximum Gasteiger partial charge on any atom is 0.325 e. The van der Waals surface area contributed by atoms with Crippen LogP contribution in [0.15, 0.2) is 72.8 Å². The number of nitrogens with zero attached hydrogens (tertiary/aromatic N) is 1. The number of hydrogen-bond donors (Lipinski definition) is 2. The largest absolute Gasteiger partial charge is 0.486 e. The van der Waals surface area contributed by atoms with Gasteiger partial charge in [-0.1, -0.05) is 48.5 Å². The number of imide groups is 1. The van der Waals surface area contributed by atoms with Crippen molar-refractivity contribution in [3.63, 3.8) is 0 Å². The fraction of sp³-hybridized carbons (Fsp3) is 0.192. The SMILES string of the molecule is C[C@]1(c2ccc3c(c2)OCCO3)NC(=O)N(CC(=O)Nc2ccc(-c3ccccc3)cc2)C1=O. The highest BCUT2D eigenvalue weighted by molar-refractivity contribution is 6.10. The maximum atomic E-state index is 13.2. The molecule has 4 amide bonds. The molecule has 0 bridgehead atoms. The van der Waals surface area contributed by atoms with E-state index in [1.165, 1.54) is 0 Å². The van der Waals surface area contributed by atoms with Gasteiger partial charge in [0.1, 0.15) is 25.3 Å². The number of rotatable bonds is 5. The Morgan fingerprint density at radius 3 is 2.35 bits per heavy atom. The number of ether oxygens (including phenoxy) is 2. The van der Waals surface area contributed by atoms with E-state index in [0.29, 0.717) is 36.0 Å². The molecule has 0 aliphatic carbocycles. The van der Waals surface area contributed by atoms with E-state index in [-0.39, 0.29) is 0 Å². The van der Waals surface area contributed by atoms with Crippen LogP contribution < -0.4 is 20.1 Å². The molecule has 2 aliphatic rings. The summed E-state index contributed by atoms with van der Waals surface area (Å²) in [6.45, 7) is 2.08. The number of urea groups is 1. The first-order valence-electron chi connectivity index (χ1n) is 10.9. The molecule has 0 radical (unpaired) electrons. The molecule has 8 heteroatoms. The Hall–Kier alpha value is -4.33. The molecule has 2 N–H and O–H groups in total. The van der Waals surface area contributed by atoms with Crippen LogP contribution in [0.3, 0.4) is 0 Å². The van der Waals surface area contributed by atoms with Gasteiger partial charge in [0.15, 0.2) is 11.5 Å². The molecule has 2 heterocycles. The van der Waals surface area contributed by atoms with Crippen LogP contribution in [-0.2, 0) is 15.1 Å². The average Bonchev–Trinajstić information content (AvgIpc) is 3.08. The first-order valence-corrected chi connectivity index (χ1v) is 10.9. The number of fused-ring (bicyclic) bond motifs is 1. The van der Waals surface area contributed by atoms with Gasteiger partial charge in [0.2, 0.25) is 5.91 Å². The molecule has 34 heavy (non-hydrogen) atoms. The maximum absolute atomic E-state index is 13.2. The van der Waals surface area contributed by atoms with Gasteiger partial charge in [-0.25, -0.2) is 4.79 Å². The van der Waals surface area contributed by atoms with Gasteiger partial charge in [-0.3, -0.25) is 14.5 Å². The molecule has 3 aromatic carbocycles. The Morgan fingerprint density at radius 2 is 1.62 bits per heavy atom. The molecule has 0 saturated carbocycles. The van der Waals surface area contributed by atoms with Crippen molar-refractivity contribution in [1.82, 2.24) is 10.2 Å². The Morgan fingerprint density at radius 1 is 0.941 bits per heavy atom. The van der Waals surface area contributed by atoms with E-state index in [1.54, 1.807) is 37.3 Å². The van der Waals surface area contributed by atoms with Gasteiger partial charge in [0.25, 0.3) is 5.91 Å². The van der Waals surface area contributed by atoms with Crippen LogP contribution in [0.5, 0.6) is 11.5 Å². The van der Waals surface area contributed by atoms with E-state index < -0.39 is 29.9 Å². The lowest BCUT2D eigenvalue weighted by Crippen LogP contribution is -2.42. The molecule has 1 fully saturated rings. The van der Waals surface area contributed by atoms with Crippen molar-refractivity contribution >= 4 is 23.5 Å². The molecular formula is C26H23N3O5. The first-order chi connectivity index (χ1) is 16.4. The monoisotopic (exact) mass is 457 g/mol. The van der Waals surface area contributed by atoms with Gasteiger partial charge in [-0.05, 0) is 47.9 Å². The second kappa shape index (κ2) is 8.55. The molecule has 1 saturated heterocycles. The summed E-state index contributed by atoms with van der Waals surface area (Å²) in [6.07, 6.45) is 0. The minimum absolute atomic E-state index is 0.398. The van der Waals surface area contributed by atoms with Gasteiger partial charge >= 0.3 is 6.03 Å². The highest BCUT2D eigenvalue weighted by Crippen LogP contribution is 2.36. The summed E-state index contributed by atoms with van der Waals surface area (Å²) in [4.78, 5) is 39.3. The molecule has 0 unspecified atom stereocenters. The highest BCUT2D eigenvalue weighted by Gasteiger charge is 2.49. The number of anilines is 1. The smallest absolute Gasteiger partial charge is 0.325 e. The first kappa shape index (κ1) is 21.5. The van der Waals surface area contributed by atoms with Crippen LogP contribution in [0.1, 0.15) is 12.5 Å². The molecular weight excluding hydrogens is 434 g/mol. The summed E-state index contributed by atoms with van der Waals surface area (Å²) in [6, 6.07) is 21.7. The average molecular weight is 457 g/mol. The lowest BCUT2D eigenvalue weighted by atomic mass is 9.91. The van der Waals surface area contributed by atoms with Crippen molar-refractivity contribution in [1.29, 1.82) is 0 Å². The number of carbonyl (C=O) groups is 3. The summed E-state index contributed by atoms with van der Waals surface area (Å²) >= 11 is 0. The summed E-state index contributed by atoms with van der Waals surface area (Å²) in [7, 11) is 0. The van der Waals surface area contributed by atoms with Gasteiger partial charge in [0, 0.05) is 5.69 Å². The zero-order valence-corrected chi connectivity index (χ0v) is 18.5. The van der Waals surface area contributed by atoms with E-state index in [9.17, 15) is 14.4 Å². The molecule has 0 aromatic heterocycles. The molecule has 0 spiro atoms. The van der Waals surface area contributed by atoms with Crippen molar-refractivity contribution in [2.75, 3.05) is 25.1 Å². The molecule has 8 nitrogen and oxygen atoms in total. The van der Waals surface area contributed by atoms with Gasteiger partial charge in [-0.15, -0.1) is 0 Å². The lowest BCUT2D eigenvalue weighted by Gasteiger charge is -2.25. The van der Waals surface area contributed by atoms with E-state index in [2.05, 4.69) is 10.6 Å². The van der Waals surface area contributed by atoms with E-state index in [0.717, 1.165) is 16.0 Å². The minimum Gasteiger partial charge on any atom is -0.486 e. The number of hydrogen-bond acceptors (Lipinski definition) is 5. The van der Waals surface area contributed by atoms with Crippen molar-refractivity contribution in [3.8, 4) is 22.6 Å². The van der Waals surface area contributed by atoms with Gasteiger partial charge in [0.05, 0.1) is 0 Å². The van der Waals surface area contributed by atoms with Crippen LogP contribution in [0.2, 0.25) is 0 Å². The summed E-state index contributed by atoms with van der Waals surface area (Å²) in [5.41, 5.74) is 1.90. The van der Waals surface area contributed by atoms with E-state index in [4.69, 9.17) is 9.47 Å². The Bertz CT molecular complexity index is 1260. The molecule has 2 aliphatic heterocycles. The summed E-state index contributed by atoms with van der Waals surface area (Å²) in [5.74, 6) is 0.123. The Kier molecular flexibility index (Phi) is 5.41. The van der Waals surface area contributed by atoms with Crippen LogP contribution in [-0.4, -0.2) is 42.5 Å². The zero-order chi connectivity index (χ0) is 23.7. The van der Waals surface area contributed by atoms with E-state index >= 15 is 0 Å². The topological polar surface area (TPSA) is 97.0 Å². The standard InChI is InChI=1S/C26H23N3O5/c1-26(19-9-12-21-22(15-19)34-14-13-33-21)24(31)29(25(32)28-26)16-23(30)27-20-10-7-18(8-11-20)17-5-3-2-4-6-17/h2-12,15H,13-14,16H2,1H3,(H,27,30)(H,28,32)/t26-/m1/s1. The van der Waals surface area contributed by atoms with Gasteiger partial charge < -0.3 is 20.1 Å². The van der Waals surface area contributed by atoms with Crippen molar-refractivity contribution < 1.29 is 23.9 Å². The summed E-state index contributed by atoms with van der Waals surface area (Å²) < 4.78 is 11.1. The molecule has 1 atom stereocenters. The fourth-order valence-electron chi connectivity index (χ4n) is 4.11. The number of amides is 4. The Labute approximate surface area is 196 Å². The van der Waals surface area contributed by atoms with Crippen LogP contribution in [0.25, 0.3) is 11.1 Å². The molecule has 172 valence electrons. The van der Waals surface area contributed by atoms with Gasteiger partial charge in [-0.2, -0.15) is 0 Å². The summed E-state index contributed by atoms with van der Waals surface area (Å²) in [5, 5.41) is 5.46. The molecule has 3 aromatic rings. The third-order valence-electron chi connectivity index (χ3n) is 5.97. The van der Waals surface area contributed by atoms with Crippen LogP contribution >= 0.6 is 0 Å². The predicted octanol–water partition coefficient (Wildman–Crippen LogP) is 3.53. The quantitative estimate of drug-likeness (QED) is 0.572. The minimum atomic E-state index is -1.31. The number of benzene rings is 3. The normalized spacial score (nSPS) is 19.0. The zero-order valence-electron chi connectivity index (χ0n) is 18.5. The van der Waals surface area contributed by atoms with Crippen molar-refractivity contribution in [3.05, 3.63) is 78.4 Å². The van der Waals surface area contributed by atoms with Crippen molar-refractivity contribution in [2.45, 2.75) is 12.5 Å². The number of nitrogens with one attached hydrogen (secondary N) is 2. The fourth-order valence-corrected chi connectivity index (χ4v) is 4.11. The van der Waals surface area contributed by atoms with Crippen LogP contribution in [0, 0.1) is 0 Å². The number of carbonyl (C=O) groups excluding carboxylic acids is 3. The molecule has 5 rings (SSSR count). The second-order valence-corrected chi connectivity index (χ2v) is 8.30. The van der Waals surface area contributed by atoms with E-state index in [1.807, 2.05) is 42.5 Å². The predicted molar refractivity (Wildman–Crippen MR) is 126 cm³/mol.